The molecule has 1 N–H and O–H groups in total. The van der Waals surface area contributed by atoms with Gasteiger partial charge in [0.05, 0.1) is 5.69 Å². The number of nitrogens with zero attached hydrogens (tertiary/aromatic N) is 1. The number of hydrogen-bond acceptors (Lipinski definition) is 1. The largest absolute Gasteiger partial charge is 0.284 e. The predicted octanol–water partition coefficient (Wildman–Crippen LogP) is 2.82. The third kappa shape index (κ3) is 2.18. The summed E-state index contributed by atoms with van der Waals surface area (Å²) >= 11 is 0. The van der Waals surface area contributed by atoms with Crippen LogP contribution in [0.4, 0.5) is 0 Å². The lowest BCUT2D eigenvalue weighted by Gasteiger charge is -2.08. The highest BCUT2D eigenvalue weighted by atomic mass is 16.1. The average Bonchev–Trinajstić information content (AvgIpc) is 2.67. The molecule has 0 amide bonds. The number of hydrogen-bond donors (Lipinski definition) is 1. The van der Waals surface area contributed by atoms with E-state index in [1.54, 1.807) is 0 Å². The van der Waals surface area contributed by atoms with Gasteiger partial charge in [-0.1, -0.05) is 44.2 Å². The van der Waals surface area contributed by atoms with Gasteiger partial charge in [-0.25, -0.2) is 0 Å². The molecule has 0 aliphatic rings. The summed E-state index contributed by atoms with van der Waals surface area (Å²) in [6, 6.07) is 10.1. The van der Waals surface area contributed by atoms with E-state index < -0.39 is 0 Å². The van der Waals surface area contributed by atoms with E-state index in [1.807, 2.05) is 41.9 Å². The van der Waals surface area contributed by atoms with E-state index >= 15 is 0 Å². The van der Waals surface area contributed by atoms with Crippen LogP contribution in [0.25, 0.3) is 11.3 Å². The number of aryl methyl sites for hydroxylation is 1. The molecular weight excluding hydrogens is 212 g/mol. The highest BCUT2D eigenvalue weighted by Crippen LogP contribution is 2.21. The Morgan fingerprint density at radius 1 is 1.18 bits per heavy atom. The van der Waals surface area contributed by atoms with Crippen LogP contribution in [0.2, 0.25) is 0 Å². The molecule has 0 aliphatic heterocycles. The fourth-order valence-corrected chi connectivity index (χ4v) is 2.16. The van der Waals surface area contributed by atoms with E-state index in [-0.39, 0.29) is 5.56 Å². The smallest absolute Gasteiger partial charge is 0.267 e. The molecule has 0 saturated heterocycles. The van der Waals surface area contributed by atoms with Crippen LogP contribution in [0.5, 0.6) is 0 Å². The van der Waals surface area contributed by atoms with E-state index in [9.17, 15) is 4.79 Å². The SMILES string of the molecule is CCCn1[nH]c(=O)c(CC)c1-c1ccccc1. The van der Waals surface area contributed by atoms with E-state index in [0.29, 0.717) is 0 Å². The molecule has 90 valence electrons. The molecule has 3 nitrogen and oxygen atoms in total. The van der Waals surface area contributed by atoms with Gasteiger partial charge in [0, 0.05) is 17.7 Å². The Morgan fingerprint density at radius 3 is 2.47 bits per heavy atom. The van der Waals surface area contributed by atoms with E-state index in [0.717, 1.165) is 36.2 Å². The van der Waals surface area contributed by atoms with Gasteiger partial charge >= 0.3 is 0 Å². The van der Waals surface area contributed by atoms with Crippen LogP contribution < -0.4 is 5.56 Å². The van der Waals surface area contributed by atoms with E-state index in [2.05, 4.69) is 12.0 Å². The van der Waals surface area contributed by atoms with Crippen LogP contribution in [0.1, 0.15) is 25.8 Å². The molecule has 0 fully saturated rings. The molecule has 2 rings (SSSR count). The molecule has 0 aliphatic carbocycles. The summed E-state index contributed by atoms with van der Waals surface area (Å²) in [6.45, 7) is 4.98. The molecule has 2 aromatic rings. The van der Waals surface area contributed by atoms with Crippen molar-refractivity contribution in [1.29, 1.82) is 0 Å². The number of nitrogens with one attached hydrogen (secondary N) is 1. The Hall–Kier alpha value is -1.77. The van der Waals surface area contributed by atoms with Crippen molar-refractivity contribution in [3.05, 3.63) is 46.2 Å². The highest BCUT2D eigenvalue weighted by molar-refractivity contribution is 5.63. The van der Waals surface area contributed by atoms with Crippen molar-refractivity contribution in [3.63, 3.8) is 0 Å². The summed E-state index contributed by atoms with van der Waals surface area (Å²) in [5.74, 6) is 0. The Balaban J connectivity index is 2.61. The van der Waals surface area contributed by atoms with Crippen molar-refractivity contribution < 1.29 is 0 Å². The molecule has 3 heteroatoms. The van der Waals surface area contributed by atoms with Gasteiger partial charge in [0.2, 0.25) is 0 Å². The molecule has 0 atom stereocenters. The molecule has 1 aromatic carbocycles. The van der Waals surface area contributed by atoms with Crippen LogP contribution in [0, 0.1) is 0 Å². The monoisotopic (exact) mass is 230 g/mol. The van der Waals surface area contributed by atoms with Crippen LogP contribution in [-0.2, 0) is 13.0 Å². The van der Waals surface area contributed by atoms with Gasteiger partial charge in [-0.05, 0) is 12.8 Å². The standard InChI is InChI=1S/C14H18N2O/c1-3-10-16-13(11-8-6-5-7-9-11)12(4-2)14(17)15-16/h5-9H,3-4,10H2,1-2H3,(H,15,17). The van der Waals surface area contributed by atoms with Crippen LogP contribution >= 0.6 is 0 Å². The normalized spacial score (nSPS) is 10.7. The van der Waals surface area contributed by atoms with Crippen LogP contribution in [0.3, 0.4) is 0 Å². The molecule has 0 spiro atoms. The second kappa shape index (κ2) is 5.04. The summed E-state index contributed by atoms with van der Waals surface area (Å²) < 4.78 is 1.97. The zero-order chi connectivity index (χ0) is 12.3. The third-order valence-corrected chi connectivity index (χ3v) is 2.91. The van der Waals surface area contributed by atoms with E-state index in [4.69, 9.17) is 0 Å². The van der Waals surface area contributed by atoms with Gasteiger partial charge in [0.15, 0.2) is 0 Å². The molecule has 17 heavy (non-hydrogen) atoms. The Bertz CT molecular complexity index is 537. The quantitative estimate of drug-likeness (QED) is 0.861. The molecule has 0 saturated carbocycles. The molecule has 0 radical (unpaired) electrons. The van der Waals surface area contributed by atoms with Gasteiger partial charge in [0.25, 0.3) is 5.56 Å². The summed E-state index contributed by atoms with van der Waals surface area (Å²) in [5.41, 5.74) is 3.07. The lowest BCUT2D eigenvalue weighted by Crippen LogP contribution is -2.07. The minimum absolute atomic E-state index is 0.0415. The summed E-state index contributed by atoms with van der Waals surface area (Å²) in [4.78, 5) is 11.9. The Kier molecular flexibility index (Phi) is 3.47. The number of benzene rings is 1. The molecular formula is C14H18N2O. The first-order valence-electron chi connectivity index (χ1n) is 6.15. The maximum atomic E-state index is 11.9. The van der Waals surface area contributed by atoms with E-state index in [1.165, 1.54) is 0 Å². The predicted molar refractivity (Wildman–Crippen MR) is 70.2 cm³/mol. The maximum Gasteiger partial charge on any atom is 0.267 e. The van der Waals surface area contributed by atoms with Gasteiger partial charge in [-0.15, -0.1) is 0 Å². The fraction of sp³-hybridized carbons (Fsp3) is 0.357. The zero-order valence-electron chi connectivity index (χ0n) is 10.4. The fourth-order valence-electron chi connectivity index (χ4n) is 2.16. The molecule has 1 aromatic heterocycles. The van der Waals surface area contributed by atoms with Gasteiger partial charge < -0.3 is 0 Å². The van der Waals surface area contributed by atoms with Crippen molar-refractivity contribution in [1.82, 2.24) is 9.78 Å². The first-order valence-corrected chi connectivity index (χ1v) is 6.15. The second-order valence-electron chi connectivity index (χ2n) is 4.14. The van der Waals surface area contributed by atoms with Crippen molar-refractivity contribution >= 4 is 0 Å². The Morgan fingerprint density at radius 2 is 1.88 bits per heavy atom. The highest BCUT2D eigenvalue weighted by Gasteiger charge is 2.13. The van der Waals surface area contributed by atoms with Gasteiger partial charge in [-0.2, -0.15) is 0 Å². The zero-order valence-corrected chi connectivity index (χ0v) is 10.4. The van der Waals surface area contributed by atoms with Crippen molar-refractivity contribution in [3.8, 4) is 11.3 Å². The van der Waals surface area contributed by atoms with Gasteiger partial charge in [-0.3, -0.25) is 14.6 Å². The molecule has 0 unspecified atom stereocenters. The number of rotatable bonds is 4. The average molecular weight is 230 g/mol. The first-order chi connectivity index (χ1) is 8.27. The first kappa shape index (κ1) is 11.7. The number of H-pyrrole nitrogens is 1. The number of aromatic amines is 1. The van der Waals surface area contributed by atoms with Crippen molar-refractivity contribution in [2.75, 3.05) is 0 Å². The third-order valence-electron chi connectivity index (χ3n) is 2.91. The Labute approximate surface area is 101 Å². The van der Waals surface area contributed by atoms with Gasteiger partial charge in [0.1, 0.15) is 0 Å². The lowest BCUT2D eigenvalue weighted by atomic mass is 10.1. The van der Waals surface area contributed by atoms with Crippen molar-refractivity contribution in [2.24, 2.45) is 0 Å². The maximum absolute atomic E-state index is 11.9. The van der Waals surface area contributed by atoms with Crippen LogP contribution in [0.15, 0.2) is 35.1 Å². The topological polar surface area (TPSA) is 37.8 Å². The number of aromatic nitrogens is 2. The molecule has 0 bridgehead atoms. The molecule has 1 heterocycles. The minimum atomic E-state index is 0.0415. The second-order valence-corrected chi connectivity index (χ2v) is 4.14. The minimum Gasteiger partial charge on any atom is -0.284 e. The van der Waals surface area contributed by atoms with Crippen molar-refractivity contribution in [2.45, 2.75) is 33.2 Å². The summed E-state index contributed by atoms with van der Waals surface area (Å²) in [7, 11) is 0. The lowest BCUT2D eigenvalue weighted by molar-refractivity contribution is 0.604. The summed E-state index contributed by atoms with van der Waals surface area (Å²) in [6.07, 6.45) is 1.77. The summed E-state index contributed by atoms with van der Waals surface area (Å²) in [5, 5.41) is 2.92. The van der Waals surface area contributed by atoms with Crippen LogP contribution in [-0.4, -0.2) is 9.78 Å².